The lowest BCUT2D eigenvalue weighted by molar-refractivity contribution is -0.137. The fraction of sp³-hybridized carbons (Fsp3) is 0.345. The van der Waals surface area contributed by atoms with Gasteiger partial charge in [0, 0.05) is 43.0 Å². The van der Waals surface area contributed by atoms with Crippen LogP contribution in [-0.2, 0) is 6.18 Å². The zero-order valence-corrected chi connectivity index (χ0v) is 23.1. The minimum absolute atomic E-state index is 0.179. The van der Waals surface area contributed by atoms with Crippen LogP contribution in [0.5, 0.6) is 11.5 Å². The van der Waals surface area contributed by atoms with Crippen molar-refractivity contribution in [1.82, 2.24) is 19.3 Å². The monoisotopic (exact) mass is 583 g/mol. The molecular formula is C29H28F3N5O3S. The fourth-order valence-electron chi connectivity index (χ4n) is 4.89. The van der Waals surface area contributed by atoms with E-state index < -0.39 is 17.8 Å². The first-order valence-electron chi connectivity index (χ1n) is 13.3. The average molecular weight is 584 g/mol. The molecule has 4 aromatic rings. The SMILES string of the molecule is COc1cccc(C=CC2CN(c3ccc(C(F)(F)F)cn3)CCN2C(=O)c2cnc3sccn23)c1OCC1CC1. The molecule has 1 amide bonds. The number of carbonyl (C=O) groups is 1. The molecule has 2 fully saturated rings. The largest absolute Gasteiger partial charge is 0.493 e. The molecule has 3 aromatic heterocycles. The van der Waals surface area contributed by atoms with E-state index in [1.54, 1.807) is 22.6 Å². The van der Waals surface area contributed by atoms with Crippen molar-refractivity contribution in [3.8, 4) is 11.5 Å². The number of aromatic nitrogens is 3. The van der Waals surface area contributed by atoms with Gasteiger partial charge in [0.25, 0.3) is 5.91 Å². The number of hydrogen-bond acceptors (Lipinski definition) is 7. The van der Waals surface area contributed by atoms with Crippen LogP contribution in [-0.4, -0.2) is 64.6 Å². The van der Waals surface area contributed by atoms with Gasteiger partial charge in [-0.2, -0.15) is 13.2 Å². The summed E-state index contributed by atoms with van der Waals surface area (Å²) in [6.45, 7) is 1.71. The molecule has 1 unspecified atom stereocenters. The van der Waals surface area contributed by atoms with Gasteiger partial charge >= 0.3 is 6.18 Å². The number of hydrogen-bond donors (Lipinski definition) is 0. The quantitative estimate of drug-likeness (QED) is 0.267. The molecule has 1 aliphatic heterocycles. The van der Waals surface area contributed by atoms with Gasteiger partial charge in [-0.05, 0) is 37.0 Å². The Balaban J connectivity index is 1.30. The lowest BCUT2D eigenvalue weighted by Crippen LogP contribution is -2.55. The van der Waals surface area contributed by atoms with E-state index >= 15 is 0 Å². The normalized spacial score (nSPS) is 17.9. The Morgan fingerprint density at radius 2 is 2.00 bits per heavy atom. The molecule has 12 heteroatoms. The van der Waals surface area contributed by atoms with E-state index in [-0.39, 0.29) is 5.91 Å². The van der Waals surface area contributed by atoms with Crippen LogP contribution in [0.15, 0.2) is 60.4 Å². The molecule has 214 valence electrons. The molecular weight excluding hydrogens is 555 g/mol. The summed E-state index contributed by atoms with van der Waals surface area (Å²) < 4.78 is 52.8. The lowest BCUT2D eigenvalue weighted by atomic mass is 10.1. The standard InChI is InChI=1S/C29H28F3N5O3S/c1-39-24-4-2-3-20(26(24)40-18-19-5-6-19)7-9-22-17-35(25-10-8-21(15-33-25)29(30,31)32)11-12-36(22)27(38)23-16-34-28-37(23)13-14-41-28/h2-4,7-10,13-16,19,22H,5-6,11-12,17-18H2,1H3. The minimum atomic E-state index is -4.46. The van der Waals surface area contributed by atoms with Crippen LogP contribution >= 0.6 is 11.3 Å². The predicted octanol–water partition coefficient (Wildman–Crippen LogP) is 5.65. The molecule has 0 N–H and O–H groups in total. The Labute approximate surface area is 238 Å². The first-order chi connectivity index (χ1) is 19.8. The zero-order valence-electron chi connectivity index (χ0n) is 22.3. The highest BCUT2D eigenvalue weighted by atomic mass is 32.1. The first-order valence-corrected chi connectivity index (χ1v) is 14.2. The number of pyridine rings is 1. The summed E-state index contributed by atoms with van der Waals surface area (Å²) in [6.07, 6.45) is 5.91. The molecule has 0 spiro atoms. The third-order valence-electron chi connectivity index (χ3n) is 7.33. The molecule has 0 radical (unpaired) electrons. The van der Waals surface area contributed by atoms with E-state index in [0.717, 1.165) is 35.6 Å². The number of para-hydroxylation sites is 1. The van der Waals surface area contributed by atoms with Gasteiger partial charge < -0.3 is 19.3 Å². The van der Waals surface area contributed by atoms with E-state index in [0.29, 0.717) is 55.2 Å². The molecule has 4 heterocycles. The summed E-state index contributed by atoms with van der Waals surface area (Å²) >= 11 is 1.44. The van der Waals surface area contributed by atoms with E-state index in [1.165, 1.54) is 17.4 Å². The number of thiazole rings is 1. The molecule has 8 nitrogen and oxygen atoms in total. The molecule has 1 aromatic carbocycles. The first kappa shape index (κ1) is 27.1. The Morgan fingerprint density at radius 3 is 2.73 bits per heavy atom. The number of anilines is 1. The van der Waals surface area contributed by atoms with Crippen molar-refractivity contribution < 1.29 is 27.4 Å². The van der Waals surface area contributed by atoms with Gasteiger partial charge in [0.05, 0.1) is 31.5 Å². The van der Waals surface area contributed by atoms with Crippen molar-refractivity contribution >= 4 is 34.1 Å². The van der Waals surface area contributed by atoms with Crippen LogP contribution in [0.4, 0.5) is 19.0 Å². The smallest absolute Gasteiger partial charge is 0.417 e. The number of ether oxygens (including phenoxy) is 2. The van der Waals surface area contributed by atoms with Crippen LogP contribution < -0.4 is 14.4 Å². The number of carbonyl (C=O) groups excluding carboxylic acids is 1. The van der Waals surface area contributed by atoms with Gasteiger partial charge in [-0.15, -0.1) is 11.3 Å². The van der Waals surface area contributed by atoms with Crippen molar-refractivity contribution in [2.75, 3.05) is 38.3 Å². The van der Waals surface area contributed by atoms with Crippen LogP contribution in [0.2, 0.25) is 0 Å². The van der Waals surface area contributed by atoms with E-state index in [2.05, 4.69) is 9.97 Å². The predicted molar refractivity (Wildman–Crippen MR) is 150 cm³/mol. The summed E-state index contributed by atoms with van der Waals surface area (Å²) in [7, 11) is 1.60. The number of piperazine rings is 1. The third kappa shape index (κ3) is 5.74. The van der Waals surface area contributed by atoms with Gasteiger partial charge in [0.2, 0.25) is 0 Å². The van der Waals surface area contributed by atoms with E-state index in [4.69, 9.17) is 9.47 Å². The highest BCUT2D eigenvalue weighted by Gasteiger charge is 2.34. The van der Waals surface area contributed by atoms with Crippen molar-refractivity contribution in [3.05, 3.63) is 77.2 Å². The van der Waals surface area contributed by atoms with Crippen molar-refractivity contribution in [3.63, 3.8) is 0 Å². The molecule has 2 aliphatic rings. The summed E-state index contributed by atoms with van der Waals surface area (Å²) in [5.41, 5.74) is 0.464. The zero-order chi connectivity index (χ0) is 28.6. The minimum Gasteiger partial charge on any atom is -0.493 e. The molecule has 0 bridgehead atoms. The Bertz CT molecular complexity index is 1560. The topological polar surface area (TPSA) is 72.2 Å². The van der Waals surface area contributed by atoms with Gasteiger partial charge in [-0.1, -0.05) is 24.3 Å². The lowest BCUT2D eigenvalue weighted by Gasteiger charge is -2.40. The van der Waals surface area contributed by atoms with Crippen LogP contribution in [0.1, 0.15) is 34.5 Å². The number of alkyl halides is 3. The van der Waals surface area contributed by atoms with Crippen LogP contribution in [0.25, 0.3) is 11.0 Å². The molecule has 1 aliphatic carbocycles. The number of nitrogens with zero attached hydrogens (tertiary/aromatic N) is 5. The number of methoxy groups -OCH3 is 1. The van der Waals surface area contributed by atoms with Crippen LogP contribution in [0.3, 0.4) is 0 Å². The third-order valence-corrected chi connectivity index (χ3v) is 8.10. The van der Waals surface area contributed by atoms with Crippen molar-refractivity contribution in [2.24, 2.45) is 5.92 Å². The highest BCUT2D eigenvalue weighted by Crippen LogP contribution is 2.36. The Morgan fingerprint density at radius 1 is 1.15 bits per heavy atom. The molecule has 1 saturated heterocycles. The second-order valence-corrected chi connectivity index (χ2v) is 11.0. The maximum absolute atomic E-state index is 13.8. The van der Waals surface area contributed by atoms with Crippen LogP contribution in [0, 0.1) is 5.92 Å². The second kappa shape index (κ2) is 11.1. The summed E-state index contributed by atoms with van der Waals surface area (Å²) in [6, 6.07) is 7.65. The summed E-state index contributed by atoms with van der Waals surface area (Å²) in [5.74, 6) is 2.06. The Hall–Kier alpha value is -4.06. The molecule has 6 rings (SSSR count). The molecule has 1 atom stereocenters. The average Bonchev–Trinajstić information content (AvgIpc) is 3.54. The maximum atomic E-state index is 13.8. The van der Waals surface area contributed by atoms with Crippen molar-refractivity contribution in [2.45, 2.75) is 25.1 Å². The Kier molecular flexibility index (Phi) is 7.33. The highest BCUT2D eigenvalue weighted by molar-refractivity contribution is 7.15. The number of amides is 1. The van der Waals surface area contributed by atoms with Gasteiger partial charge in [-0.3, -0.25) is 9.20 Å². The number of rotatable bonds is 8. The number of benzene rings is 1. The molecule has 41 heavy (non-hydrogen) atoms. The maximum Gasteiger partial charge on any atom is 0.417 e. The van der Waals surface area contributed by atoms with E-state index in [1.807, 2.05) is 46.8 Å². The van der Waals surface area contributed by atoms with Gasteiger partial charge in [0.15, 0.2) is 16.5 Å². The van der Waals surface area contributed by atoms with Crippen molar-refractivity contribution in [1.29, 1.82) is 0 Å². The second-order valence-electron chi connectivity index (χ2n) is 10.1. The molecule has 1 saturated carbocycles. The summed E-state index contributed by atoms with van der Waals surface area (Å²) in [4.78, 5) is 26.6. The van der Waals surface area contributed by atoms with Gasteiger partial charge in [-0.25, -0.2) is 9.97 Å². The number of halogens is 3. The summed E-state index contributed by atoms with van der Waals surface area (Å²) in [5, 5.41) is 1.87. The van der Waals surface area contributed by atoms with E-state index in [9.17, 15) is 18.0 Å². The number of imidazole rings is 1. The fourth-order valence-corrected chi connectivity index (χ4v) is 5.58. The van der Waals surface area contributed by atoms with Gasteiger partial charge in [0.1, 0.15) is 11.5 Å². The number of fused-ring (bicyclic) bond motifs is 1.